The lowest BCUT2D eigenvalue weighted by atomic mass is 9.91. The van der Waals surface area contributed by atoms with Crippen molar-refractivity contribution in [2.45, 2.75) is 20.8 Å². The summed E-state index contributed by atoms with van der Waals surface area (Å²) in [5.41, 5.74) is 1.82. The van der Waals surface area contributed by atoms with Crippen LogP contribution in [-0.4, -0.2) is 26.4 Å². The lowest BCUT2D eigenvalue weighted by molar-refractivity contribution is -0.124. The summed E-state index contributed by atoms with van der Waals surface area (Å²) in [6.07, 6.45) is 0. The molecule has 0 bridgehead atoms. The van der Waals surface area contributed by atoms with Crippen molar-refractivity contribution in [1.29, 1.82) is 0 Å². The molecule has 0 saturated heterocycles. The van der Waals surface area contributed by atoms with Crippen molar-refractivity contribution < 1.29 is 4.79 Å². The Morgan fingerprint density at radius 1 is 1.29 bits per heavy atom. The third-order valence-electron chi connectivity index (χ3n) is 2.65. The number of ketones is 1. The van der Waals surface area contributed by atoms with E-state index >= 15 is 0 Å². The fourth-order valence-electron chi connectivity index (χ4n) is 1.34. The number of Topliss-reactive ketones (excluding diaryl/α,β-unsaturated/α-hetero) is 1. The van der Waals surface area contributed by atoms with Crippen LogP contribution in [0.2, 0.25) is 0 Å². The molecule has 0 heterocycles. The minimum atomic E-state index is -0.286. The SMILES string of the molecule is CN(C)c1cccc(NCC(=O)C(C)(C)C)c1. The lowest BCUT2D eigenvalue weighted by Crippen LogP contribution is -2.27. The summed E-state index contributed by atoms with van der Waals surface area (Å²) < 4.78 is 0. The molecule has 0 spiro atoms. The molecule has 3 nitrogen and oxygen atoms in total. The van der Waals surface area contributed by atoms with Crippen LogP contribution in [0.4, 0.5) is 11.4 Å². The largest absolute Gasteiger partial charge is 0.378 e. The van der Waals surface area contributed by atoms with E-state index in [2.05, 4.69) is 5.32 Å². The number of benzene rings is 1. The molecule has 1 rings (SSSR count). The Kier molecular flexibility index (Phi) is 4.16. The van der Waals surface area contributed by atoms with Crippen LogP contribution in [0.15, 0.2) is 24.3 Å². The molecule has 0 aliphatic rings. The van der Waals surface area contributed by atoms with Crippen molar-refractivity contribution >= 4 is 17.2 Å². The number of hydrogen-bond donors (Lipinski definition) is 1. The smallest absolute Gasteiger partial charge is 0.157 e. The van der Waals surface area contributed by atoms with Crippen LogP contribution in [0, 0.1) is 5.41 Å². The molecule has 1 aromatic rings. The van der Waals surface area contributed by atoms with Gasteiger partial charge in [0.25, 0.3) is 0 Å². The predicted molar refractivity (Wildman–Crippen MR) is 73.7 cm³/mol. The maximum Gasteiger partial charge on any atom is 0.157 e. The van der Waals surface area contributed by atoms with Gasteiger partial charge in [-0.2, -0.15) is 0 Å². The summed E-state index contributed by atoms with van der Waals surface area (Å²) in [5.74, 6) is 0.216. The van der Waals surface area contributed by atoms with Gasteiger partial charge in [-0.25, -0.2) is 0 Å². The number of nitrogens with one attached hydrogen (secondary N) is 1. The molecule has 0 saturated carbocycles. The molecule has 0 unspecified atom stereocenters. The first kappa shape index (κ1) is 13.6. The van der Waals surface area contributed by atoms with Crippen molar-refractivity contribution in [2.75, 3.05) is 30.9 Å². The highest BCUT2D eigenvalue weighted by atomic mass is 16.1. The monoisotopic (exact) mass is 234 g/mol. The first-order valence-electron chi connectivity index (χ1n) is 5.85. The number of anilines is 2. The molecule has 1 aromatic carbocycles. The highest BCUT2D eigenvalue weighted by Gasteiger charge is 2.20. The van der Waals surface area contributed by atoms with E-state index in [0.717, 1.165) is 11.4 Å². The highest BCUT2D eigenvalue weighted by molar-refractivity contribution is 5.87. The van der Waals surface area contributed by atoms with Gasteiger partial charge < -0.3 is 10.2 Å². The first-order valence-corrected chi connectivity index (χ1v) is 5.85. The quantitative estimate of drug-likeness (QED) is 0.869. The topological polar surface area (TPSA) is 32.3 Å². The summed E-state index contributed by atoms with van der Waals surface area (Å²) in [7, 11) is 4.00. The minimum absolute atomic E-state index is 0.216. The van der Waals surface area contributed by atoms with E-state index in [1.807, 2.05) is 64.0 Å². The summed E-state index contributed by atoms with van der Waals surface area (Å²) in [6, 6.07) is 8.04. The van der Waals surface area contributed by atoms with Crippen LogP contribution in [0.25, 0.3) is 0 Å². The predicted octanol–water partition coefficient (Wildman–Crippen LogP) is 2.78. The Bertz CT molecular complexity index is 391. The zero-order chi connectivity index (χ0) is 13.1. The molecule has 1 N–H and O–H groups in total. The van der Waals surface area contributed by atoms with E-state index < -0.39 is 0 Å². The lowest BCUT2D eigenvalue weighted by Gasteiger charge is -2.18. The third kappa shape index (κ3) is 4.10. The fraction of sp³-hybridized carbons (Fsp3) is 0.500. The molecular formula is C14H22N2O. The Balaban J connectivity index is 2.64. The normalized spacial score (nSPS) is 11.1. The van der Waals surface area contributed by atoms with E-state index in [4.69, 9.17) is 0 Å². The molecule has 0 aromatic heterocycles. The van der Waals surface area contributed by atoms with E-state index in [1.165, 1.54) is 0 Å². The zero-order valence-electron chi connectivity index (χ0n) is 11.4. The van der Waals surface area contributed by atoms with Crippen LogP contribution >= 0.6 is 0 Å². The number of rotatable bonds is 4. The Morgan fingerprint density at radius 2 is 1.94 bits per heavy atom. The zero-order valence-corrected chi connectivity index (χ0v) is 11.4. The molecular weight excluding hydrogens is 212 g/mol. The molecule has 0 fully saturated rings. The number of carbonyl (C=O) groups excluding carboxylic acids is 1. The van der Waals surface area contributed by atoms with Crippen molar-refractivity contribution in [3.05, 3.63) is 24.3 Å². The molecule has 0 amide bonds. The number of carbonyl (C=O) groups is 1. The van der Waals surface area contributed by atoms with Gasteiger partial charge in [0.05, 0.1) is 6.54 Å². The van der Waals surface area contributed by atoms with Crippen molar-refractivity contribution in [1.82, 2.24) is 0 Å². The van der Waals surface area contributed by atoms with E-state index in [-0.39, 0.29) is 11.2 Å². The summed E-state index contributed by atoms with van der Waals surface area (Å²) >= 11 is 0. The van der Waals surface area contributed by atoms with E-state index in [9.17, 15) is 4.79 Å². The summed E-state index contributed by atoms with van der Waals surface area (Å²) in [4.78, 5) is 13.8. The van der Waals surface area contributed by atoms with Crippen LogP contribution in [0.3, 0.4) is 0 Å². The van der Waals surface area contributed by atoms with Crippen LogP contribution in [0.5, 0.6) is 0 Å². The Morgan fingerprint density at radius 3 is 2.47 bits per heavy atom. The maximum atomic E-state index is 11.8. The molecule has 0 aliphatic heterocycles. The summed E-state index contributed by atoms with van der Waals surface area (Å²) in [5, 5.41) is 3.17. The maximum absolute atomic E-state index is 11.8. The third-order valence-corrected chi connectivity index (χ3v) is 2.65. The molecule has 17 heavy (non-hydrogen) atoms. The molecule has 3 heteroatoms. The van der Waals surface area contributed by atoms with Gasteiger partial charge in [-0.05, 0) is 18.2 Å². The number of nitrogens with zero attached hydrogens (tertiary/aromatic N) is 1. The van der Waals surface area contributed by atoms with Gasteiger partial charge in [0.15, 0.2) is 5.78 Å². The van der Waals surface area contributed by atoms with Gasteiger partial charge in [0, 0.05) is 30.9 Å². The van der Waals surface area contributed by atoms with Crippen molar-refractivity contribution in [3.63, 3.8) is 0 Å². The van der Waals surface area contributed by atoms with Gasteiger partial charge in [-0.15, -0.1) is 0 Å². The average molecular weight is 234 g/mol. The molecule has 0 radical (unpaired) electrons. The van der Waals surface area contributed by atoms with Crippen molar-refractivity contribution in [2.24, 2.45) is 5.41 Å². The second kappa shape index (κ2) is 5.21. The van der Waals surface area contributed by atoms with E-state index in [1.54, 1.807) is 0 Å². The highest BCUT2D eigenvalue weighted by Crippen LogP contribution is 2.18. The Hall–Kier alpha value is -1.51. The fourth-order valence-corrected chi connectivity index (χ4v) is 1.34. The molecule has 0 aliphatic carbocycles. The molecule has 94 valence electrons. The number of hydrogen-bond acceptors (Lipinski definition) is 3. The minimum Gasteiger partial charge on any atom is -0.378 e. The van der Waals surface area contributed by atoms with Crippen LogP contribution < -0.4 is 10.2 Å². The molecule has 0 atom stereocenters. The van der Waals surface area contributed by atoms with Gasteiger partial charge in [0.1, 0.15) is 0 Å². The van der Waals surface area contributed by atoms with Gasteiger partial charge in [0.2, 0.25) is 0 Å². The second-order valence-electron chi connectivity index (χ2n) is 5.47. The van der Waals surface area contributed by atoms with Gasteiger partial charge >= 0.3 is 0 Å². The standard InChI is InChI=1S/C14H22N2O/c1-14(2,3)13(17)10-15-11-7-6-8-12(9-11)16(4)5/h6-9,15H,10H2,1-5H3. The Labute approximate surface area is 104 Å². The van der Waals surface area contributed by atoms with Gasteiger partial charge in [-0.1, -0.05) is 26.8 Å². The second-order valence-corrected chi connectivity index (χ2v) is 5.47. The first-order chi connectivity index (χ1) is 7.80. The van der Waals surface area contributed by atoms with Crippen LogP contribution in [0.1, 0.15) is 20.8 Å². The van der Waals surface area contributed by atoms with Crippen LogP contribution in [-0.2, 0) is 4.79 Å². The van der Waals surface area contributed by atoms with Crippen molar-refractivity contribution in [3.8, 4) is 0 Å². The van der Waals surface area contributed by atoms with Gasteiger partial charge in [-0.3, -0.25) is 4.79 Å². The summed E-state index contributed by atoms with van der Waals surface area (Å²) in [6.45, 7) is 6.19. The van der Waals surface area contributed by atoms with E-state index in [0.29, 0.717) is 6.54 Å². The average Bonchev–Trinajstić information content (AvgIpc) is 2.25.